The molecule has 6 nitrogen and oxygen atoms in total. The van der Waals surface area contributed by atoms with Gasteiger partial charge in [-0.05, 0) is 48.7 Å². The smallest absolute Gasteiger partial charge is 0.250 e. The normalized spacial score (nSPS) is 20.6. The van der Waals surface area contributed by atoms with E-state index in [4.69, 9.17) is 4.74 Å². The van der Waals surface area contributed by atoms with Crippen LogP contribution in [-0.4, -0.2) is 37.5 Å². The molecule has 2 aromatic carbocycles. The Hall–Kier alpha value is -2.97. The Morgan fingerprint density at radius 2 is 1.69 bits per heavy atom. The van der Waals surface area contributed by atoms with Crippen molar-refractivity contribution in [1.29, 1.82) is 0 Å². The second kappa shape index (κ2) is 7.86. The molecule has 1 aromatic heterocycles. The van der Waals surface area contributed by atoms with Gasteiger partial charge in [-0.2, -0.15) is 4.31 Å². The van der Waals surface area contributed by atoms with Gasteiger partial charge in [0.25, 0.3) is 5.56 Å². The van der Waals surface area contributed by atoms with Gasteiger partial charge in [-0.25, -0.2) is 12.8 Å². The number of ether oxygens (including phenoxy) is 1. The number of piperidine rings is 1. The van der Waals surface area contributed by atoms with Crippen molar-refractivity contribution in [2.75, 3.05) is 20.2 Å². The van der Waals surface area contributed by atoms with Gasteiger partial charge in [0.2, 0.25) is 10.0 Å². The number of sulfonamides is 1. The number of halogens is 1. The summed E-state index contributed by atoms with van der Waals surface area (Å²) in [6.45, 7) is 1.01. The first-order valence-electron chi connectivity index (χ1n) is 10.5. The van der Waals surface area contributed by atoms with E-state index in [1.807, 2.05) is 0 Å². The summed E-state index contributed by atoms with van der Waals surface area (Å²) in [6, 6.07) is 15.9. The van der Waals surface area contributed by atoms with Gasteiger partial charge in [-0.15, -0.1) is 0 Å². The number of methoxy groups -OCH3 is 1. The van der Waals surface area contributed by atoms with Crippen LogP contribution < -0.4 is 10.3 Å². The van der Waals surface area contributed by atoms with Gasteiger partial charge in [0.05, 0.1) is 12.0 Å². The summed E-state index contributed by atoms with van der Waals surface area (Å²) >= 11 is 0. The number of aromatic nitrogens is 1. The summed E-state index contributed by atoms with van der Waals surface area (Å²) in [5, 5.41) is 0. The lowest BCUT2D eigenvalue weighted by Crippen LogP contribution is -2.49. The highest BCUT2D eigenvalue weighted by Crippen LogP contribution is 2.41. The first-order valence-corrected chi connectivity index (χ1v) is 12.0. The summed E-state index contributed by atoms with van der Waals surface area (Å²) in [7, 11) is -2.18. The maximum Gasteiger partial charge on any atom is 0.250 e. The van der Waals surface area contributed by atoms with Crippen LogP contribution in [0, 0.1) is 11.7 Å². The average molecular weight is 455 g/mol. The van der Waals surface area contributed by atoms with Gasteiger partial charge in [-0.3, -0.25) is 4.79 Å². The molecular formula is C24H23FN2O4S. The molecule has 8 heteroatoms. The fourth-order valence-electron chi connectivity index (χ4n) is 4.97. The van der Waals surface area contributed by atoms with E-state index in [2.05, 4.69) is 0 Å². The third kappa shape index (κ3) is 3.43. The zero-order valence-corrected chi connectivity index (χ0v) is 18.4. The monoisotopic (exact) mass is 454 g/mol. The summed E-state index contributed by atoms with van der Waals surface area (Å²) < 4.78 is 49.7. The maximum atomic E-state index is 14.6. The van der Waals surface area contributed by atoms with Crippen LogP contribution in [0.5, 0.6) is 5.75 Å². The summed E-state index contributed by atoms with van der Waals surface area (Å²) in [5.74, 6) is 0.0405. The van der Waals surface area contributed by atoms with Gasteiger partial charge in [-0.1, -0.05) is 18.2 Å². The fourth-order valence-corrected chi connectivity index (χ4v) is 6.53. The van der Waals surface area contributed by atoms with Crippen molar-refractivity contribution in [1.82, 2.24) is 8.87 Å². The summed E-state index contributed by atoms with van der Waals surface area (Å²) in [4.78, 5) is 12.9. The van der Waals surface area contributed by atoms with E-state index in [1.165, 1.54) is 23.5 Å². The zero-order valence-electron chi connectivity index (χ0n) is 17.6. The lowest BCUT2D eigenvalue weighted by atomic mass is 9.81. The van der Waals surface area contributed by atoms with Crippen LogP contribution in [0.15, 0.2) is 70.4 Å². The molecule has 32 heavy (non-hydrogen) atoms. The van der Waals surface area contributed by atoms with Gasteiger partial charge in [0.15, 0.2) is 0 Å². The molecular weight excluding hydrogens is 431 g/mol. The standard InChI is InChI=1S/C24H23FN2O4S/c1-31-18-6-8-19(9-7-18)32(29,30)26-13-16-12-17(15-26)24-21(10-11-23(28)27(24)14-16)20-4-2-3-5-22(20)25/h2-11,16-17H,12-15H2,1H3/t16-,17-/m1/s1. The van der Waals surface area contributed by atoms with E-state index >= 15 is 0 Å². The van der Waals surface area contributed by atoms with Crippen molar-refractivity contribution in [2.24, 2.45) is 5.92 Å². The van der Waals surface area contributed by atoms with Crippen molar-refractivity contribution in [3.8, 4) is 16.9 Å². The molecule has 2 atom stereocenters. The lowest BCUT2D eigenvalue weighted by Gasteiger charge is -2.42. The lowest BCUT2D eigenvalue weighted by molar-refractivity contribution is 0.187. The number of nitrogens with zero attached hydrogens (tertiary/aromatic N) is 2. The molecule has 0 unspecified atom stereocenters. The maximum absolute atomic E-state index is 14.6. The Bertz CT molecular complexity index is 1330. The number of hydrogen-bond acceptors (Lipinski definition) is 4. The van der Waals surface area contributed by atoms with E-state index in [-0.39, 0.29) is 34.7 Å². The van der Waals surface area contributed by atoms with Crippen molar-refractivity contribution in [2.45, 2.75) is 23.8 Å². The van der Waals surface area contributed by atoms with Crippen molar-refractivity contribution < 1.29 is 17.5 Å². The highest BCUT2D eigenvalue weighted by molar-refractivity contribution is 7.89. The molecule has 0 aliphatic carbocycles. The third-order valence-corrected chi connectivity index (χ3v) is 8.26. The van der Waals surface area contributed by atoms with E-state index < -0.39 is 10.0 Å². The van der Waals surface area contributed by atoms with E-state index in [1.54, 1.807) is 53.1 Å². The van der Waals surface area contributed by atoms with E-state index in [9.17, 15) is 17.6 Å². The van der Waals surface area contributed by atoms with Crippen LogP contribution >= 0.6 is 0 Å². The molecule has 1 fully saturated rings. The molecule has 0 spiro atoms. The van der Waals surface area contributed by atoms with Crippen molar-refractivity contribution >= 4 is 10.0 Å². The summed E-state index contributed by atoms with van der Waals surface area (Å²) in [5.41, 5.74) is 1.65. The Morgan fingerprint density at radius 3 is 2.41 bits per heavy atom. The minimum atomic E-state index is -3.71. The number of fused-ring (bicyclic) bond motifs is 4. The van der Waals surface area contributed by atoms with Crippen LogP contribution in [0.3, 0.4) is 0 Å². The summed E-state index contributed by atoms with van der Waals surface area (Å²) in [6.07, 6.45) is 0.763. The van der Waals surface area contributed by atoms with E-state index in [0.717, 1.165) is 6.42 Å². The quantitative estimate of drug-likeness (QED) is 0.605. The van der Waals surface area contributed by atoms with Crippen LogP contribution in [-0.2, 0) is 16.6 Å². The first-order chi connectivity index (χ1) is 15.4. The van der Waals surface area contributed by atoms with Crippen molar-refractivity contribution in [3.63, 3.8) is 0 Å². The minimum absolute atomic E-state index is 0.0165. The molecule has 5 rings (SSSR count). The van der Waals surface area contributed by atoms with Gasteiger partial charge >= 0.3 is 0 Å². The van der Waals surface area contributed by atoms with Crippen LogP contribution in [0.4, 0.5) is 4.39 Å². The van der Waals surface area contributed by atoms with Gasteiger partial charge < -0.3 is 9.30 Å². The van der Waals surface area contributed by atoms with Crippen molar-refractivity contribution in [3.05, 3.63) is 82.5 Å². The van der Waals surface area contributed by atoms with Crippen LogP contribution in [0.1, 0.15) is 18.0 Å². The Labute approximate surface area is 185 Å². The zero-order chi connectivity index (χ0) is 22.5. The molecule has 0 amide bonds. The highest BCUT2D eigenvalue weighted by atomic mass is 32.2. The number of pyridine rings is 1. The molecule has 166 valence electrons. The average Bonchev–Trinajstić information content (AvgIpc) is 2.80. The van der Waals surface area contributed by atoms with Gasteiger partial charge in [0.1, 0.15) is 11.6 Å². The Morgan fingerprint density at radius 1 is 0.938 bits per heavy atom. The van der Waals surface area contributed by atoms with Crippen LogP contribution in [0.25, 0.3) is 11.1 Å². The number of hydrogen-bond donors (Lipinski definition) is 0. The first kappa shape index (κ1) is 20.9. The predicted octanol–water partition coefficient (Wildman–Crippen LogP) is 3.47. The molecule has 0 saturated carbocycles. The second-order valence-corrected chi connectivity index (χ2v) is 10.3. The molecule has 3 aromatic rings. The molecule has 2 aliphatic heterocycles. The topological polar surface area (TPSA) is 68.6 Å². The van der Waals surface area contributed by atoms with E-state index in [0.29, 0.717) is 35.7 Å². The second-order valence-electron chi connectivity index (χ2n) is 8.36. The number of rotatable bonds is 4. The predicted molar refractivity (Wildman–Crippen MR) is 119 cm³/mol. The van der Waals surface area contributed by atoms with Crippen LogP contribution in [0.2, 0.25) is 0 Å². The minimum Gasteiger partial charge on any atom is -0.497 e. The SMILES string of the molecule is COc1ccc(S(=O)(=O)N2C[C@H]3C[C@H](C2)c2c(-c4ccccc4F)ccc(=O)n2C3)cc1. The largest absolute Gasteiger partial charge is 0.497 e. The Kier molecular flexibility index (Phi) is 5.14. The molecule has 0 N–H and O–H groups in total. The molecule has 0 radical (unpaired) electrons. The van der Waals surface area contributed by atoms with Gasteiger partial charge in [0, 0.05) is 48.4 Å². The molecule has 2 aliphatic rings. The number of benzene rings is 2. The molecule has 3 heterocycles. The fraction of sp³-hybridized carbons (Fsp3) is 0.292. The highest BCUT2D eigenvalue weighted by Gasteiger charge is 2.40. The molecule has 1 saturated heterocycles. The Balaban J connectivity index is 1.56. The third-order valence-electron chi connectivity index (χ3n) is 6.42. The molecule has 2 bridgehead atoms.